The molecule has 0 aliphatic rings. The van der Waals surface area contributed by atoms with Crippen LogP contribution in [-0.4, -0.2) is 4.98 Å². The number of aromatic nitrogens is 1. The zero-order valence-corrected chi connectivity index (χ0v) is 9.06. The minimum atomic E-state index is -0.379. The SMILES string of the molecule is Fc1cccnc1-c1ccc(Cl)c(Cl)c1. The van der Waals surface area contributed by atoms with Crippen LogP contribution in [0.1, 0.15) is 0 Å². The highest BCUT2D eigenvalue weighted by atomic mass is 35.5. The molecule has 0 atom stereocenters. The molecule has 1 aromatic heterocycles. The molecule has 0 spiro atoms. The van der Waals surface area contributed by atoms with Gasteiger partial charge in [0.2, 0.25) is 0 Å². The fourth-order valence-corrected chi connectivity index (χ4v) is 1.54. The smallest absolute Gasteiger partial charge is 0.149 e. The van der Waals surface area contributed by atoms with Crippen LogP contribution in [0, 0.1) is 5.82 Å². The molecule has 4 heteroatoms. The van der Waals surface area contributed by atoms with Gasteiger partial charge in [-0.25, -0.2) is 4.39 Å². The van der Waals surface area contributed by atoms with Gasteiger partial charge in [-0.3, -0.25) is 4.98 Å². The molecule has 0 saturated heterocycles. The maximum absolute atomic E-state index is 13.4. The van der Waals surface area contributed by atoms with Gasteiger partial charge in [0.05, 0.1) is 10.0 Å². The Labute approximate surface area is 96.5 Å². The summed E-state index contributed by atoms with van der Waals surface area (Å²) < 4.78 is 13.4. The number of hydrogen-bond donors (Lipinski definition) is 0. The van der Waals surface area contributed by atoms with Crippen molar-refractivity contribution in [2.45, 2.75) is 0 Å². The summed E-state index contributed by atoms with van der Waals surface area (Å²) in [6.07, 6.45) is 1.53. The quantitative estimate of drug-likeness (QED) is 0.730. The third kappa shape index (κ3) is 2.11. The molecule has 76 valence electrons. The molecule has 1 aromatic carbocycles. The highest BCUT2D eigenvalue weighted by Crippen LogP contribution is 2.28. The van der Waals surface area contributed by atoms with E-state index in [-0.39, 0.29) is 11.5 Å². The highest BCUT2D eigenvalue weighted by molar-refractivity contribution is 6.42. The van der Waals surface area contributed by atoms with Crippen molar-refractivity contribution in [3.05, 3.63) is 52.4 Å². The van der Waals surface area contributed by atoms with Crippen molar-refractivity contribution in [2.75, 3.05) is 0 Å². The summed E-state index contributed by atoms with van der Waals surface area (Å²) in [7, 11) is 0. The summed E-state index contributed by atoms with van der Waals surface area (Å²) in [6.45, 7) is 0. The molecule has 2 aromatic rings. The largest absolute Gasteiger partial charge is 0.253 e. The number of benzene rings is 1. The first-order chi connectivity index (χ1) is 7.18. The van der Waals surface area contributed by atoms with Crippen molar-refractivity contribution < 1.29 is 4.39 Å². The van der Waals surface area contributed by atoms with Crippen LogP contribution in [0.5, 0.6) is 0 Å². The molecule has 0 amide bonds. The Balaban J connectivity index is 2.55. The van der Waals surface area contributed by atoms with E-state index in [1.807, 2.05) is 0 Å². The van der Waals surface area contributed by atoms with Gasteiger partial charge >= 0.3 is 0 Å². The summed E-state index contributed by atoms with van der Waals surface area (Å²) in [5.41, 5.74) is 0.888. The lowest BCUT2D eigenvalue weighted by molar-refractivity contribution is 0.626. The molecular weight excluding hydrogens is 236 g/mol. The molecule has 0 fully saturated rings. The number of halogens is 3. The molecule has 0 N–H and O–H groups in total. The fraction of sp³-hybridized carbons (Fsp3) is 0. The summed E-state index contributed by atoms with van der Waals surface area (Å²) in [6, 6.07) is 7.78. The van der Waals surface area contributed by atoms with E-state index in [2.05, 4.69) is 4.98 Å². The Morgan fingerprint density at radius 1 is 1.07 bits per heavy atom. The van der Waals surface area contributed by atoms with Crippen molar-refractivity contribution in [2.24, 2.45) is 0 Å². The summed E-state index contributed by atoms with van der Waals surface area (Å²) in [5, 5.41) is 0.830. The molecule has 1 nitrogen and oxygen atoms in total. The second-order valence-corrected chi connectivity index (χ2v) is 3.78. The monoisotopic (exact) mass is 241 g/mol. The Morgan fingerprint density at radius 2 is 1.87 bits per heavy atom. The number of hydrogen-bond acceptors (Lipinski definition) is 1. The molecule has 0 saturated carbocycles. The van der Waals surface area contributed by atoms with E-state index in [1.165, 1.54) is 18.3 Å². The van der Waals surface area contributed by atoms with Gasteiger partial charge in [0.25, 0.3) is 0 Å². The molecule has 0 unspecified atom stereocenters. The van der Waals surface area contributed by atoms with E-state index in [4.69, 9.17) is 23.2 Å². The lowest BCUT2D eigenvalue weighted by Gasteiger charge is -2.03. The summed E-state index contributed by atoms with van der Waals surface area (Å²) in [4.78, 5) is 3.94. The summed E-state index contributed by atoms with van der Waals surface area (Å²) in [5.74, 6) is -0.379. The van der Waals surface area contributed by atoms with Crippen LogP contribution in [0.2, 0.25) is 10.0 Å². The maximum atomic E-state index is 13.4. The molecular formula is C11H6Cl2FN. The van der Waals surface area contributed by atoms with Gasteiger partial charge in [-0.2, -0.15) is 0 Å². The average Bonchev–Trinajstić information content (AvgIpc) is 2.23. The first-order valence-electron chi connectivity index (χ1n) is 4.24. The van der Waals surface area contributed by atoms with E-state index in [9.17, 15) is 4.39 Å². The van der Waals surface area contributed by atoms with Crippen LogP contribution in [-0.2, 0) is 0 Å². The van der Waals surface area contributed by atoms with E-state index in [0.29, 0.717) is 15.6 Å². The lowest BCUT2D eigenvalue weighted by atomic mass is 10.1. The molecule has 0 aliphatic heterocycles. The van der Waals surface area contributed by atoms with E-state index in [1.54, 1.807) is 18.2 Å². The molecule has 15 heavy (non-hydrogen) atoms. The minimum absolute atomic E-state index is 0.274. The van der Waals surface area contributed by atoms with Gasteiger partial charge in [-0.1, -0.05) is 29.3 Å². The summed E-state index contributed by atoms with van der Waals surface area (Å²) >= 11 is 11.6. The number of pyridine rings is 1. The predicted molar refractivity (Wildman–Crippen MR) is 59.7 cm³/mol. The number of nitrogens with zero attached hydrogens (tertiary/aromatic N) is 1. The van der Waals surface area contributed by atoms with Crippen LogP contribution in [0.4, 0.5) is 4.39 Å². The van der Waals surface area contributed by atoms with Gasteiger partial charge in [0.1, 0.15) is 11.5 Å². The van der Waals surface area contributed by atoms with Crippen molar-refractivity contribution in [1.82, 2.24) is 4.98 Å². The Bertz CT molecular complexity index is 500. The van der Waals surface area contributed by atoms with Gasteiger partial charge in [-0.05, 0) is 24.3 Å². The van der Waals surface area contributed by atoms with E-state index in [0.717, 1.165) is 0 Å². The fourth-order valence-electron chi connectivity index (χ4n) is 1.24. The minimum Gasteiger partial charge on any atom is -0.253 e. The Kier molecular flexibility index (Phi) is 2.89. The Morgan fingerprint density at radius 3 is 2.53 bits per heavy atom. The standard InChI is InChI=1S/C11H6Cl2FN/c12-8-4-3-7(6-9(8)13)11-10(14)2-1-5-15-11/h1-6H. The van der Waals surface area contributed by atoms with Gasteiger partial charge in [-0.15, -0.1) is 0 Å². The highest BCUT2D eigenvalue weighted by Gasteiger charge is 2.07. The zero-order chi connectivity index (χ0) is 10.8. The van der Waals surface area contributed by atoms with Crippen LogP contribution >= 0.6 is 23.2 Å². The maximum Gasteiger partial charge on any atom is 0.149 e. The van der Waals surface area contributed by atoms with Crippen molar-refractivity contribution in [3.8, 4) is 11.3 Å². The Hall–Kier alpha value is -1.12. The van der Waals surface area contributed by atoms with E-state index >= 15 is 0 Å². The molecule has 0 radical (unpaired) electrons. The van der Waals surface area contributed by atoms with Crippen LogP contribution in [0.25, 0.3) is 11.3 Å². The van der Waals surface area contributed by atoms with Gasteiger partial charge in [0, 0.05) is 11.8 Å². The first-order valence-corrected chi connectivity index (χ1v) is 5.00. The number of rotatable bonds is 1. The third-order valence-corrected chi connectivity index (χ3v) is 2.69. The van der Waals surface area contributed by atoms with Crippen LogP contribution in [0.3, 0.4) is 0 Å². The van der Waals surface area contributed by atoms with E-state index < -0.39 is 0 Å². The topological polar surface area (TPSA) is 12.9 Å². The van der Waals surface area contributed by atoms with Crippen molar-refractivity contribution in [3.63, 3.8) is 0 Å². The normalized spacial score (nSPS) is 10.3. The zero-order valence-electron chi connectivity index (χ0n) is 7.55. The van der Waals surface area contributed by atoms with Gasteiger partial charge in [0.15, 0.2) is 0 Å². The van der Waals surface area contributed by atoms with Crippen molar-refractivity contribution >= 4 is 23.2 Å². The second-order valence-electron chi connectivity index (χ2n) is 2.96. The van der Waals surface area contributed by atoms with Crippen LogP contribution in [0.15, 0.2) is 36.5 Å². The molecule has 2 rings (SSSR count). The first kappa shape index (κ1) is 10.4. The molecule has 0 aliphatic carbocycles. The van der Waals surface area contributed by atoms with Crippen molar-refractivity contribution in [1.29, 1.82) is 0 Å². The van der Waals surface area contributed by atoms with Crippen LogP contribution < -0.4 is 0 Å². The third-order valence-electron chi connectivity index (χ3n) is 1.95. The second kappa shape index (κ2) is 4.17. The van der Waals surface area contributed by atoms with Gasteiger partial charge < -0.3 is 0 Å². The predicted octanol–water partition coefficient (Wildman–Crippen LogP) is 4.19. The lowest BCUT2D eigenvalue weighted by Crippen LogP contribution is -1.87. The molecule has 0 bridgehead atoms. The average molecular weight is 242 g/mol. The molecule has 1 heterocycles.